The van der Waals surface area contributed by atoms with Crippen molar-refractivity contribution in [2.24, 2.45) is 5.92 Å². The van der Waals surface area contributed by atoms with Crippen LogP contribution in [0.25, 0.3) is 0 Å². The number of thiazole rings is 1. The number of thioether (sulfide) groups is 1. The molecule has 1 aromatic heterocycles. The number of rotatable bonds is 5. The fourth-order valence-corrected chi connectivity index (χ4v) is 8.17. The Balaban J connectivity index is 1.39. The Bertz CT molecular complexity index is 1830. The van der Waals surface area contributed by atoms with Gasteiger partial charge < -0.3 is 10.4 Å². The van der Waals surface area contributed by atoms with Gasteiger partial charge in [-0.1, -0.05) is 65.1 Å². The average molecular weight is 626 g/mol. The minimum absolute atomic E-state index is 0.0953. The lowest BCUT2D eigenvalue weighted by Crippen LogP contribution is -2.33. The van der Waals surface area contributed by atoms with E-state index in [0.29, 0.717) is 16.1 Å². The van der Waals surface area contributed by atoms with Crippen LogP contribution in [0.3, 0.4) is 0 Å². The second kappa shape index (κ2) is 10.7. The number of halogens is 3. The van der Waals surface area contributed by atoms with Gasteiger partial charge in [-0.15, -0.1) is 0 Å². The molecule has 0 saturated carbocycles. The summed E-state index contributed by atoms with van der Waals surface area (Å²) in [5.74, 6) is -3.63. The van der Waals surface area contributed by atoms with Gasteiger partial charge in [0.05, 0.1) is 22.2 Å². The number of hydrogen-bond donors (Lipinski definition) is 2. The number of fused-ring (bicyclic) bond motifs is 2. The van der Waals surface area contributed by atoms with Crippen molar-refractivity contribution in [2.45, 2.75) is 35.8 Å². The number of carbonyl (C=O) groups excluding carboxylic acids is 3. The number of phenolic OH excluding ortho intramolecular Hbond substituents is 1. The first kappa shape index (κ1) is 28.7. The third-order valence-corrected chi connectivity index (χ3v) is 9.99. The van der Waals surface area contributed by atoms with Crippen LogP contribution in [0.15, 0.2) is 82.6 Å². The number of aromatic nitrogens is 1. The fourth-order valence-electron chi connectivity index (χ4n) is 5.41. The second-order valence-electron chi connectivity index (χ2n) is 10.2. The second-order valence-corrected chi connectivity index (χ2v) is 12.3. The molecule has 43 heavy (non-hydrogen) atoms. The SMILES string of the molecule is Cc1ccc(N2C(=O)[C@@H]3[C@H](c4ccccc4O)c4sc(=O)n(CC(=O)Nc5cccc(C(F)(F)F)c5)c4S[C@@H]3C2=O)cc1. The predicted molar refractivity (Wildman–Crippen MR) is 155 cm³/mol. The first-order chi connectivity index (χ1) is 20.4. The van der Waals surface area contributed by atoms with E-state index in [4.69, 9.17) is 0 Å². The van der Waals surface area contributed by atoms with E-state index in [1.165, 1.54) is 12.1 Å². The molecule has 3 amide bonds. The van der Waals surface area contributed by atoms with Crippen LogP contribution in [0.4, 0.5) is 24.5 Å². The molecule has 0 radical (unpaired) electrons. The van der Waals surface area contributed by atoms with Gasteiger partial charge in [-0.05, 0) is 43.3 Å². The summed E-state index contributed by atoms with van der Waals surface area (Å²) in [6.45, 7) is 1.34. The quantitative estimate of drug-likeness (QED) is 0.289. The maximum atomic E-state index is 13.9. The number of nitrogens with zero attached hydrogens (tertiary/aromatic N) is 2. The topological polar surface area (TPSA) is 109 Å². The van der Waals surface area contributed by atoms with Crippen molar-refractivity contribution < 1.29 is 32.7 Å². The molecule has 0 bridgehead atoms. The molecule has 0 unspecified atom stereocenters. The first-order valence-corrected chi connectivity index (χ1v) is 14.7. The minimum Gasteiger partial charge on any atom is -0.508 e. The maximum Gasteiger partial charge on any atom is 0.416 e. The van der Waals surface area contributed by atoms with E-state index >= 15 is 0 Å². The van der Waals surface area contributed by atoms with Gasteiger partial charge in [-0.2, -0.15) is 13.2 Å². The van der Waals surface area contributed by atoms with Crippen LogP contribution in [0.2, 0.25) is 0 Å². The summed E-state index contributed by atoms with van der Waals surface area (Å²) in [7, 11) is 0. The van der Waals surface area contributed by atoms with Gasteiger partial charge in [0.2, 0.25) is 17.7 Å². The standard InChI is InChI=1S/C30H22F3N3O5S2/c1-15-9-11-18(12-10-15)36-26(39)23-22(19-7-2-3-8-20(19)37)25-28(42-24(23)27(36)40)35(29(41)43-25)14-21(38)34-17-6-4-5-16(13-17)30(31,32)33/h2-13,22-24,37H,14H2,1H3,(H,34,38)/t22-,23+,24-/m0/s1. The predicted octanol–water partition coefficient (Wildman–Crippen LogP) is 5.38. The van der Waals surface area contributed by atoms with Crippen LogP contribution in [0.1, 0.15) is 27.5 Å². The van der Waals surface area contributed by atoms with E-state index in [9.17, 15) is 37.5 Å². The monoisotopic (exact) mass is 625 g/mol. The van der Waals surface area contributed by atoms with Crippen molar-refractivity contribution in [3.63, 3.8) is 0 Å². The molecule has 6 rings (SSSR count). The van der Waals surface area contributed by atoms with Gasteiger partial charge in [0, 0.05) is 22.0 Å². The van der Waals surface area contributed by atoms with Crippen LogP contribution in [-0.4, -0.2) is 32.6 Å². The molecule has 1 fully saturated rings. The van der Waals surface area contributed by atoms with Gasteiger partial charge in [-0.3, -0.25) is 23.7 Å². The molecule has 8 nitrogen and oxygen atoms in total. The van der Waals surface area contributed by atoms with Crippen molar-refractivity contribution in [2.75, 3.05) is 10.2 Å². The highest BCUT2D eigenvalue weighted by Gasteiger charge is 2.57. The van der Waals surface area contributed by atoms with Crippen LogP contribution in [0.5, 0.6) is 5.75 Å². The lowest BCUT2D eigenvalue weighted by Gasteiger charge is -2.31. The summed E-state index contributed by atoms with van der Waals surface area (Å²) in [5.41, 5.74) is 0.657. The minimum atomic E-state index is -4.60. The highest BCUT2D eigenvalue weighted by Crippen LogP contribution is 2.55. The van der Waals surface area contributed by atoms with Crippen molar-refractivity contribution in [3.8, 4) is 5.75 Å². The third kappa shape index (κ3) is 5.12. The number of nitrogens with one attached hydrogen (secondary N) is 1. The molecule has 2 N–H and O–H groups in total. The zero-order valence-corrected chi connectivity index (χ0v) is 23.9. The Morgan fingerprint density at radius 1 is 0.977 bits per heavy atom. The first-order valence-electron chi connectivity index (χ1n) is 13.0. The van der Waals surface area contributed by atoms with Gasteiger partial charge in [0.1, 0.15) is 17.5 Å². The van der Waals surface area contributed by atoms with E-state index in [-0.39, 0.29) is 16.5 Å². The number of hydrogen-bond acceptors (Lipinski definition) is 7. The van der Waals surface area contributed by atoms with Gasteiger partial charge in [0.15, 0.2) is 0 Å². The average Bonchev–Trinajstić information content (AvgIpc) is 3.40. The third-order valence-electron chi connectivity index (χ3n) is 7.39. The van der Waals surface area contributed by atoms with E-state index in [0.717, 1.165) is 56.3 Å². The number of phenols is 1. The molecule has 1 saturated heterocycles. The van der Waals surface area contributed by atoms with Gasteiger partial charge in [0.25, 0.3) is 0 Å². The van der Waals surface area contributed by atoms with E-state index in [1.807, 2.05) is 6.92 Å². The van der Waals surface area contributed by atoms with Crippen LogP contribution in [0, 0.1) is 12.8 Å². The summed E-state index contributed by atoms with van der Waals surface area (Å²) in [4.78, 5) is 54.9. The highest BCUT2D eigenvalue weighted by atomic mass is 32.2. The van der Waals surface area contributed by atoms with E-state index in [2.05, 4.69) is 5.32 Å². The summed E-state index contributed by atoms with van der Waals surface area (Å²) in [6, 6.07) is 17.4. The number of carbonyl (C=O) groups is 3. The zero-order valence-electron chi connectivity index (χ0n) is 22.3. The summed E-state index contributed by atoms with van der Waals surface area (Å²) >= 11 is 1.80. The Kier molecular flexibility index (Phi) is 7.17. The Labute approximate surface area is 250 Å². The maximum absolute atomic E-state index is 13.9. The number of aryl methyl sites for hydroxylation is 1. The number of aromatic hydroxyl groups is 1. The molecule has 3 heterocycles. The fraction of sp³-hybridized carbons (Fsp3) is 0.200. The molecule has 3 atom stereocenters. The number of imide groups is 1. The Hall–Kier alpha value is -4.36. The molecule has 2 aliphatic heterocycles. The molecule has 2 aliphatic rings. The summed E-state index contributed by atoms with van der Waals surface area (Å²) in [6.07, 6.45) is -4.60. The molecule has 13 heteroatoms. The summed E-state index contributed by atoms with van der Waals surface area (Å²) < 4.78 is 40.6. The Morgan fingerprint density at radius 3 is 2.40 bits per heavy atom. The van der Waals surface area contributed by atoms with Crippen molar-refractivity contribution in [1.29, 1.82) is 0 Å². The van der Waals surface area contributed by atoms with E-state index < -0.39 is 58.0 Å². The Morgan fingerprint density at radius 2 is 1.70 bits per heavy atom. The smallest absolute Gasteiger partial charge is 0.416 e. The highest BCUT2D eigenvalue weighted by molar-refractivity contribution is 8.00. The van der Waals surface area contributed by atoms with Crippen molar-refractivity contribution in [3.05, 3.63) is 104 Å². The van der Waals surface area contributed by atoms with Crippen LogP contribution < -0.4 is 15.1 Å². The number of amides is 3. The summed E-state index contributed by atoms with van der Waals surface area (Å²) in [5, 5.41) is 12.5. The number of anilines is 2. The normalized spacial score (nSPS) is 19.7. The van der Waals surface area contributed by atoms with Gasteiger partial charge >= 0.3 is 11.0 Å². The molecule has 3 aromatic carbocycles. The van der Waals surface area contributed by atoms with Crippen LogP contribution in [-0.2, 0) is 27.1 Å². The number of para-hydroxylation sites is 1. The zero-order chi connectivity index (χ0) is 30.6. The molecule has 220 valence electrons. The number of alkyl halides is 3. The lowest BCUT2D eigenvalue weighted by molar-refractivity contribution is -0.137. The molecule has 0 aliphatic carbocycles. The molecule has 4 aromatic rings. The molecular weight excluding hydrogens is 603 g/mol. The number of benzene rings is 3. The molecular formula is C30H22F3N3O5S2. The van der Waals surface area contributed by atoms with E-state index in [1.54, 1.807) is 42.5 Å². The van der Waals surface area contributed by atoms with Gasteiger partial charge in [-0.25, -0.2) is 4.90 Å². The molecule has 0 spiro atoms. The lowest BCUT2D eigenvalue weighted by atomic mass is 9.82. The van der Waals surface area contributed by atoms with Crippen molar-refractivity contribution >= 4 is 52.2 Å². The van der Waals surface area contributed by atoms with Crippen molar-refractivity contribution in [1.82, 2.24) is 4.57 Å². The van der Waals surface area contributed by atoms with Crippen LogP contribution >= 0.6 is 23.1 Å². The largest absolute Gasteiger partial charge is 0.508 e.